The molecule has 9 heteroatoms. The lowest BCUT2D eigenvalue weighted by Gasteiger charge is -2.23. The maximum atomic E-state index is 12.9. The summed E-state index contributed by atoms with van der Waals surface area (Å²) >= 11 is 0. The quantitative estimate of drug-likeness (QED) is 0.793. The molecule has 1 N–H and O–H groups in total. The van der Waals surface area contributed by atoms with Crippen molar-refractivity contribution in [2.24, 2.45) is 0 Å². The summed E-state index contributed by atoms with van der Waals surface area (Å²) in [5, 5.41) is 8.86. The highest BCUT2D eigenvalue weighted by Gasteiger charge is 2.26. The van der Waals surface area contributed by atoms with Crippen LogP contribution in [0.1, 0.15) is 24.0 Å². The number of nitrogens with zero attached hydrogens (tertiary/aromatic N) is 1. The third kappa shape index (κ3) is 4.25. The Morgan fingerprint density at radius 2 is 1.61 bits per heavy atom. The highest BCUT2D eigenvalue weighted by atomic mass is 32.2. The Labute approximate surface area is 164 Å². The van der Waals surface area contributed by atoms with Gasteiger partial charge in [-0.1, -0.05) is 6.07 Å². The van der Waals surface area contributed by atoms with Gasteiger partial charge in [0.15, 0.2) is 0 Å². The van der Waals surface area contributed by atoms with E-state index < -0.39 is 19.9 Å². The first-order chi connectivity index (χ1) is 13.2. The van der Waals surface area contributed by atoms with Gasteiger partial charge in [-0.15, -0.1) is 0 Å². The van der Waals surface area contributed by atoms with E-state index >= 15 is 0 Å². The minimum absolute atomic E-state index is 0.00362. The van der Waals surface area contributed by atoms with Gasteiger partial charge in [0, 0.05) is 19.3 Å². The highest BCUT2D eigenvalue weighted by molar-refractivity contribution is 7.91. The van der Waals surface area contributed by atoms with Gasteiger partial charge >= 0.3 is 0 Å². The zero-order valence-electron chi connectivity index (χ0n) is 15.3. The molecule has 0 atom stereocenters. The van der Waals surface area contributed by atoms with Gasteiger partial charge in [0.05, 0.1) is 26.3 Å². The zero-order valence-corrected chi connectivity index (χ0v) is 16.9. The monoisotopic (exact) mass is 420 g/mol. The van der Waals surface area contributed by atoms with E-state index in [4.69, 9.17) is 10.00 Å². The molecule has 0 amide bonds. The molecule has 148 valence electrons. The summed E-state index contributed by atoms with van der Waals surface area (Å²) < 4.78 is 59.4. The van der Waals surface area contributed by atoms with E-state index in [-0.39, 0.29) is 20.7 Å². The molecule has 1 fully saturated rings. The Morgan fingerprint density at radius 1 is 1.00 bits per heavy atom. The number of rotatable bonds is 5. The molecule has 1 saturated heterocycles. The molecule has 28 heavy (non-hydrogen) atoms. The number of sulfonamides is 1. The number of benzene rings is 2. The minimum atomic E-state index is -3.92. The summed E-state index contributed by atoms with van der Waals surface area (Å²) in [6.45, 7) is 2.59. The van der Waals surface area contributed by atoms with Crippen LogP contribution in [0, 0.1) is 18.3 Å². The van der Waals surface area contributed by atoms with Gasteiger partial charge < -0.3 is 4.74 Å². The lowest BCUT2D eigenvalue weighted by Crippen LogP contribution is -2.39. The van der Waals surface area contributed by atoms with Crippen LogP contribution in [0.25, 0.3) is 0 Å². The minimum Gasteiger partial charge on any atom is -0.381 e. The van der Waals surface area contributed by atoms with Crippen molar-refractivity contribution >= 4 is 19.9 Å². The first-order valence-corrected chi connectivity index (χ1v) is 11.7. The summed E-state index contributed by atoms with van der Waals surface area (Å²) in [4.78, 5) is -0.181. The normalized spacial score (nSPS) is 15.9. The summed E-state index contributed by atoms with van der Waals surface area (Å²) in [5.74, 6) is 0. The van der Waals surface area contributed by atoms with Crippen molar-refractivity contribution in [2.75, 3.05) is 13.2 Å². The number of nitrogens with one attached hydrogen (secondary N) is 1. The van der Waals surface area contributed by atoms with E-state index in [1.165, 1.54) is 42.5 Å². The van der Waals surface area contributed by atoms with E-state index in [0.29, 0.717) is 37.2 Å². The number of hydrogen-bond donors (Lipinski definition) is 1. The van der Waals surface area contributed by atoms with Crippen molar-refractivity contribution in [1.82, 2.24) is 4.72 Å². The average Bonchev–Trinajstić information content (AvgIpc) is 2.68. The number of ether oxygens (including phenoxy) is 1. The maximum Gasteiger partial charge on any atom is 0.241 e. The second-order valence-corrected chi connectivity index (χ2v) is 10.2. The third-order valence-electron chi connectivity index (χ3n) is 4.60. The molecule has 3 rings (SSSR count). The fourth-order valence-electron chi connectivity index (χ4n) is 2.98. The van der Waals surface area contributed by atoms with Crippen molar-refractivity contribution in [3.05, 3.63) is 53.6 Å². The molecule has 1 aliphatic heterocycles. The van der Waals surface area contributed by atoms with Gasteiger partial charge in [-0.2, -0.15) is 5.26 Å². The van der Waals surface area contributed by atoms with Gasteiger partial charge in [-0.3, -0.25) is 0 Å². The van der Waals surface area contributed by atoms with Crippen molar-refractivity contribution in [3.8, 4) is 6.07 Å². The number of sulfone groups is 1. The second kappa shape index (κ2) is 8.01. The van der Waals surface area contributed by atoms with E-state index in [0.717, 1.165) is 0 Å². The number of aryl methyl sites for hydroxylation is 1. The maximum absolute atomic E-state index is 12.9. The Bertz CT molecular complexity index is 1110. The molecular weight excluding hydrogens is 400 g/mol. The highest BCUT2D eigenvalue weighted by Crippen LogP contribution is 2.26. The Kier molecular flexibility index (Phi) is 5.86. The van der Waals surface area contributed by atoms with Crippen LogP contribution in [-0.4, -0.2) is 36.1 Å². The summed E-state index contributed by atoms with van der Waals surface area (Å²) in [6, 6.07) is 11.2. The molecule has 0 saturated carbocycles. The Morgan fingerprint density at radius 3 is 2.21 bits per heavy atom. The van der Waals surface area contributed by atoms with E-state index in [1.807, 2.05) is 6.07 Å². The molecular formula is C19H20N2O5S2. The predicted octanol–water partition coefficient (Wildman–Crippen LogP) is 2.16. The molecule has 2 aromatic carbocycles. The topological polar surface area (TPSA) is 113 Å². The number of nitriles is 1. The molecule has 1 heterocycles. The lowest BCUT2D eigenvalue weighted by atomic mass is 10.1. The largest absolute Gasteiger partial charge is 0.381 e. The van der Waals surface area contributed by atoms with Crippen LogP contribution in [0.3, 0.4) is 0 Å². The summed E-state index contributed by atoms with van der Waals surface area (Å²) in [7, 11) is -7.80. The van der Waals surface area contributed by atoms with Gasteiger partial charge in [-0.05, 0) is 61.7 Å². The van der Waals surface area contributed by atoms with Crippen LogP contribution in [0.5, 0.6) is 0 Å². The summed E-state index contributed by atoms with van der Waals surface area (Å²) in [6.07, 6.45) is 1.14. The van der Waals surface area contributed by atoms with Crippen LogP contribution in [-0.2, 0) is 24.6 Å². The van der Waals surface area contributed by atoms with Gasteiger partial charge in [0.2, 0.25) is 19.9 Å². The molecule has 0 aliphatic carbocycles. The van der Waals surface area contributed by atoms with Crippen molar-refractivity contribution in [1.29, 1.82) is 5.26 Å². The zero-order chi connectivity index (χ0) is 20.4. The van der Waals surface area contributed by atoms with Crippen LogP contribution < -0.4 is 4.72 Å². The van der Waals surface area contributed by atoms with E-state index in [9.17, 15) is 16.8 Å². The standard InChI is InChI=1S/C19H20N2O5S2/c1-14-2-5-18(27(22,23)17-6-3-15(13-20)4-7-17)12-19(14)28(24,25)21-16-8-10-26-11-9-16/h2-7,12,16,21H,8-11H2,1H3. The van der Waals surface area contributed by atoms with Crippen molar-refractivity contribution in [3.63, 3.8) is 0 Å². The van der Waals surface area contributed by atoms with Crippen LogP contribution in [0.4, 0.5) is 0 Å². The lowest BCUT2D eigenvalue weighted by molar-refractivity contribution is 0.0832. The fraction of sp³-hybridized carbons (Fsp3) is 0.316. The van der Waals surface area contributed by atoms with E-state index in [2.05, 4.69) is 4.72 Å². The van der Waals surface area contributed by atoms with Gasteiger partial charge in [0.25, 0.3) is 0 Å². The Hall–Kier alpha value is -2.25. The SMILES string of the molecule is Cc1ccc(S(=O)(=O)c2ccc(C#N)cc2)cc1S(=O)(=O)NC1CCOCC1. The number of hydrogen-bond acceptors (Lipinski definition) is 6. The van der Waals surface area contributed by atoms with E-state index in [1.54, 1.807) is 6.92 Å². The molecule has 0 spiro atoms. The molecule has 7 nitrogen and oxygen atoms in total. The predicted molar refractivity (Wildman–Crippen MR) is 102 cm³/mol. The Balaban J connectivity index is 1.97. The second-order valence-electron chi connectivity index (χ2n) is 6.57. The first kappa shape index (κ1) is 20.5. The average molecular weight is 421 g/mol. The third-order valence-corrected chi connectivity index (χ3v) is 8.03. The molecule has 2 aromatic rings. The van der Waals surface area contributed by atoms with Crippen LogP contribution >= 0.6 is 0 Å². The molecule has 0 bridgehead atoms. The van der Waals surface area contributed by atoms with Crippen LogP contribution in [0.15, 0.2) is 57.2 Å². The van der Waals surface area contributed by atoms with Gasteiger partial charge in [-0.25, -0.2) is 21.6 Å². The first-order valence-electron chi connectivity index (χ1n) is 8.70. The fourth-order valence-corrected chi connectivity index (χ4v) is 5.92. The van der Waals surface area contributed by atoms with Gasteiger partial charge in [0.1, 0.15) is 0 Å². The van der Waals surface area contributed by atoms with Crippen LogP contribution in [0.2, 0.25) is 0 Å². The molecule has 0 aromatic heterocycles. The van der Waals surface area contributed by atoms with Crippen molar-refractivity contribution in [2.45, 2.75) is 40.5 Å². The molecule has 0 unspecified atom stereocenters. The molecule has 0 radical (unpaired) electrons. The smallest absolute Gasteiger partial charge is 0.241 e. The molecule has 1 aliphatic rings. The van der Waals surface area contributed by atoms with Crippen molar-refractivity contribution < 1.29 is 21.6 Å². The summed E-state index contributed by atoms with van der Waals surface area (Å²) in [5.41, 5.74) is 0.796.